The predicted octanol–water partition coefficient (Wildman–Crippen LogP) is 2.51. The van der Waals surface area contributed by atoms with Crippen LogP contribution in [0.15, 0.2) is 65.6 Å². The van der Waals surface area contributed by atoms with Crippen molar-refractivity contribution in [2.75, 3.05) is 31.1 Å². The van der Waals surface area contributed by atoms with Gasteiger partial charge in [-0.15, -0.1) is 0 Å². The van der Waals surface area contributed by atoms with E-state index in [2.05, 4.69) is 51.3 Å². The van der Waals surface area contributed by atoms with E-state index in [1.54, 1.807) is 6.08 Å². The first kappa shape index (κ1) is 21.2. The third-order valence-corrected chi connectivity index (χ3v) is 5.96. The van der Waals surface area contributed by atoms with E-state index in [4.69, 9.17) is 16.5 Å². The molecule has 1 aromatic heterocycles. The summed E-state index contributed by atoms with van der Waals surface area (Å²) in [5.74, 6) is 2.27. The summed E-state index contributed by atoms with van der Waals surface area (Å²) >= 11 is 0. The number of piperazine rings is 1. The maximum absolute atomic E-state index is 6.73. The second-order valence-electron chi connectivity index (χ2n) is 8.30. The van der Waals surface area contributed by atoms with E-state index in [9.17, 15) is 0 Å². The number of nitrogens with two attached hydrogens (primary N) is 2. The first-order valence-electron chi connectivity index (χ1n) is 11.2. The number of hydrogen-bond donors (Lipinski definition) is 3. The minimum absolute atomic E-state index is 0.534. The van der Waals surface area contributed by atoms with Gasteiger partial charge < -0.3 is 20.9 Å². The zero-order valence-corrected chi connectivity index (χ0v) is 18.3. The maximum atomic E-state index is 6.73. The van der Waals surface area contributed by atoms with Crippen LogP contribution in [0.4, 0.5) is 5.82 Å². The number of pyridine rings is 1. The van der Waals surface area contributed by atoms with Gasteiger partial charge in [0.1, 0.15) is 11.6 Å². The van der Waals surface area contributed by atoms with Crippen LogP contribution in [0.1, 0.15) is 37.3 Å². The van der Waals surface area contributed by atoms with E-state index >= 15 is 0 Å². The SMILES string of the molecule is CCCCCc1ccc(C2(N)C=C(N)NC(N3CCN(c4ccccn4)CC3)=N2)cc1. The van der Waals surface area contributed by atoms with Crippen molar-refractivity contribution in [3.05, 3.63) is 71.7 Å². The van der Waals surface area contributed by atoms with Crippen molar-refractivity contribution in [2.24, 2.45) is 16.5 Å². The molecule has 4 rings (SSSR count). The highest BCUT2D eigenvalue weighted by molar-refractivity contribution is 5.83. The van der Waals surface area contributed by atoms with Crippen molar-refractivity contribution in [2.45, 2.75) is 38.3 Å². The molecule has 2 aliphatic heterocycles. The molecule has 0 bridgehead atoms. The van der Waals surface area contributed by atoms with Crippen LogP contribution in [-0.4, -0.2) is 42.0 Å². The van der Waals surface area contributed by atoms with Crippen molar-refractivity contribution >= 4 is 11.8 Å². The molecule has 0 radical (unpaired) electrons. The molecule has 164 valence electrons. The predicted molar refractivity (Wildman–Crippen MR) is 126 cm³/mol. The third-order valence-electron chi connectivity index (χ3n) is 5.96. The van der Waals surface area contributed by atoms with Crippen molar-refractivity contribution in [3.8, 4) is 0 Å². The van der Waals surface area contributed by atoms with Crippen molar-refractivity contribution < 1.29 is 0 Å². The van der Waals surface area contributed by atoms with Crippen molar-refractivity contribution in [3.63, 3.8) is 0 Å². The molecule has 5 N–H and O–H groups in total. The lowest BCUT2D eigenvalue weighted by Crippen LogP contribution is -2.56. The highest BCUT2D eigenvalue weighted by atomic mass is 15.4. The van der Waals surface area contributed by atoms with Gasteiger partial charge in [0.25, 0.3) is 0 Å². The number of hydrogen-bond acceptors (Lipinski definition) is 7. The lowest BCUT2D eigenvalue weighted by atomic mass is 9.97. The quantitative estimate of drug-likeness (QED) is 0.623. The van der Waals surface area contributed by atoms with Gasteiger partial charge in [0.15, 0.2) is 5.66 Å². The van der Waals surface area contributed by atoms with Crippen LogP contribution < -0.4 is 21.7 Å². The Morgan fingerprint density at radius 3 is 2.42 bits per heavy atom. The lowest BCUT2D eigenvalue weighted by molar-refractivity contribution is 0.364. The average molecular weight is 420 g/mol. The number of unbranched alkanes of at least 4 members (excludes halogenated alkanes) is 2. The molecule has 2 aromatic rings. The number of anilines is 1. The van der Waals surface area contributed by atoms with Crippen molar-refractivity contribution in [1.82, 2.24) is 15.2 Å². The Labute approximate surface area is 184 Å². The molecule has 0 aliphatic carbocycles. The molecule has 0 saturated carbocycles. The minimum atomic E-state index is -0.968. The number of nitrogens with zero attached hydrogens (tertiary/aromatic N) is 4. The summed E-state index contributed by atoms with van der Waals surface area (Å²) in [6.45, 7) is 5.60. The van der Waals surface area contributed by atoms with Gasteiger partial charge in [-0.1, -0.05) is 50.1 Å². The summed E-state index contributed by atoms with van der Waals surface area (Å²) in [6.07, 6.45) is 8.43. The van der Waals surface area contributed by atoms with Crippen molar-refractivity contribution in [1.29, 1.82) is 0 Å². The Hall–Kier alpha value is -3.06. The summed E-state index contributed by atoms with van der Waals surface area (Å²) in [7, 11) is 0. The van der Waals surface area contributed by atoms with Gasteiger partial charge in [-0.3, -0.25) is 5.73 Å². The Morgan fingerprint density at radius 1 is 1.00 bits per heavy atom. The van der Waals surface area contributed by atoms with E-state index in [1.165, 1.54) is 24.8 Å². The van der Waals surface area contributed by atoms with E-state index in [0.29, 0.717) is 5.82 Å². The third kappa shape index (κ3) is 4.99. The summed E-state index contributed by atoms with van der Waals surface area (Å²) in [5, 5.41) is 3.21. The van der Waals surface area contributed by atoms with Crippen LogP contribution in [-0.2, 0) is 12.1 Å². The molecule has 0 amide bonds. The Bertz CT molecular complexity index is 915. The van der Waals surface area contributed by atoms with E-state index in [0.717, 1.165) is 49.9 Å². The van der Waals surface area contributed by atoms with E-state index < -0.39 is 5.66 Å². The molecule has 0 spiro atoms. The summed E-state index contributed by atoms with van der Waals surface area (Å²) in [4.78, 5) is 13.8. The molecule has 2 aliphatic rings. The van der Waals surface area contributed by atoms with Crippen LogP contribution in [0, 0.1) is 0 Å². The first-order valence-corrected chi connectivity index (χ1v) is 11.2. The molecular weight excluding hydrogens is 386 g/mol. The number of benzene rings is 1. The summed E-state index contributed by atoms with van der Waals surface area (Å²) in [6, 6.07) is 14.5. The topological polar surface area (TPSA) is 95.8 Å². The molecular formula is C24H33N7. The Kier molecular flexibility index (Phi) is 6.42. The van der Waals surface area contributed by atoms with Crippen LogP contribution in [0.5, 0.6) is 0 Å². The molecule has 31 heavy (non-hydrogen) atoms. The number of rotatable bonds is 6. The molecule has 3 heterocycles. The number of aromatic nitrogens is 1. The second-order valence-corrected chi connectivity index (χ2v) is 8.30. The number of guanidine groups is 1. The normalized spacial score (nSPS) is 21.4. The Balaban J connectivity index is 1.45. The van der Waals surface area contributed by atoms with Gasteiger partial charge in [-0.05, 0) is 36.1 Å². The fourth-order valence-corrected chi connectivity index (χ4v) is 4.14. The van der Waals surface area contributed by atoms with Crippen LogP contribution in [0.25, 0.3) is 0 Å². The summed E-state index contributed by atoms with van der Waals surface area (Å²) < 4.78 is 0. The molecule has 7 heteroatoms. The largest absolute Gasteiger partial charge is 0.385 e. The first-order chi connectivity index (χ1) is 15.1. The standard InChI is InChI=1S/C24H33N7/c1-2-3-4-7-19-9-11-20(12-10-19)24(26)18-21(25)28-23(29-24)31-16-14-30(15-17-31)22-8-5-6-13-27-22/h5-6,8-13,18H,2-4,7,14-17,25-26H2,1H3,(H,28,29). The average Bonchev–Trinajstić information content (AvgIpc) is 2.80. The fourth-order valence-electron chi connectivity index (χ4n) is 4.14. The maximum Gasteiger partial charge on any atom is 0.202 e. The molecule has 7 nitrogen and oxygen atoms in total. The monoisotopic (exact) mass is 419 g/mol. The Morgan fingerprint density at radius 2 is 1.74 bits per heavy atom. The molecule has 1 fully saturated rings. The molecule has 1 unspecified atom stereocenters. The smallest absolute Gasteiger partial charge is 0.202 e. The highest BCUT2D eigenvalue weighted by Crippen LogP contribution is 2.26. The minimum Gasteiger partial charge on any atom is -0.385 e. The number of nitrogens with one attached hydrogen (secondary N) is 1. The molecule has 1 atom stereocenters. The second kappa shape index (κ2) is 9.39. The van der Waals surface area contributed by atoms with Crippen LogP contribution >= 0.6 is 0 Å². The molecule has 1 saturated heterocycles. The zero-order valence-electron chi connectivity index (χ0n) is 18.3. The zero-order chi connectivity index (χ0) is 21.7. The van der Waals surface area contributed by atoms with Crippen LogP contribution in [0.3, 0.4) is 0 Å². The van der Waals surface area contributed by atoms with Gasteiger partial charge >= 0.3 is 0 Å². The summed E-state index contributed by atoms with van der Waals surface area (Å²) in [5.41, 5.74) is 14.3. The van der Waals surface area contributed by atoms with Gasteiger partial charge in [0.05, 0.1) is 0 Å². The highest BCUT2D eigenvalue weighted by Gasteiger charge is 2.32. The van der Waals surface area contributed by atoms with Gasteiger partial charge in [0.2, 0.25) is 5.96 Å². The number of aryl methyl sites for hydroxylation is 1. The van der Waals surface area contributed by atoms with Crippen LogP contribution in [0.2, 0.25) is 0 Å². The molecule has 1 aromatic carbocycles. The van der Waals surface area contributed by atoms with Gasteiger partial charge in [0, 0.05) is 38.5 Å². The lowest BCUT2D eigenvalue weighted by Gasteiger charge is -2.39. The fraction of sp³-hybridized carbons (Fsp3) is 0.417. The van der Waals surface area contributed by atoms with E-state index in [-0.39, 0.29) is 0 Å². The van der Waals surface area contributed by atoms with Gasteiger partial charge in [-0.25, -0.2) is 9.98 Å². The van der Waals surface area contributed by atoms with Gasteiger partial charge in [-0.2, -0.15) is 0 Å². The number of aliphatic imine (C=N–C) groups is 1. The van der Waals surface area contributed by atoms with E-state index in [1.807, 2.05) is 24.4 Å².